The molecule has 0 N–H and O–H groups in total. The van der Waals surface area contributed by atoms with E-state index in [9.17, 15) is 8.42 Å². The van der Waals surface area contributed by atoms with Crippen LogP contribution in [-0.2, 0) is 17.1 Å². The van der Waals surface area contributed by atoms with Crippen LogP contribution in [0.15, 0.2) is 64.2 Å². The maximum absolute atomic E-state index is 12.6. The lowest BCUT2D eigenvalue weighted by Gasteiger charge is -2.14. The van der Waals surface area contributed by atoms with Crippen molar-refractivity contribution in [2.45, 2.75) is 4.90 Å². The summed E-state index contributed by atoms with van der Waals surface area (Å²) in [6.07, 6.45) is 0. The number of hydrogen-bond acceptors (Lipinski definition) is 6. The van der Waals surface area contributed by atoms with Crippen LogP contribution in [0.2, 0.25) is 5.02 Å². The van der Waals surface area contributed by atoms with Gasteiger partial charge in [-0.15, -0.1) is 28.3 Å². The largest absolute Gasteiger partial charge is 0.422 e. The van der Waals surface area contributed by atoms with Gasteiger partial charge in [0.15, 0.2) is 16.3 Å². The molecule has 1 aliphatic rings. The summed E-state index contributed by atoms with van der Waals surface area (Å²) in [5.41, 5.74) is 2.24. The standard InChI is InChI=1S/C20H18ClN3O4S2.BrH/c1-12-27-17-8-6-14(10-18(17)28-12)22-20-24(4)16(11-29-20)13-5-7-15(21)19(9-13)30(25,26)23(2)3;/h5-11H,1H2,2-4H3;1H. The minimum absolute atomic E-state index is 0. The summed E-state index contributed by atoms with van der Waals surface area (Å²) in [4.78, 5) is 5.46. The van der Waals surface area contributed by atoms with E-state index in [0.29, 0.717) is 17.2 Å². The van der Waals surface area contributed by atoms with Crippen LogP contribution in [0.4, 0.5) is 5.69 Å². The van der Waals surface area contributed by atoms with E-state index in [1.807, 2.05) is 23.1 Å². The number of halogens is 2. The van der Waals surface area contributed by atoms with Crippen molar-refractivity contribution in [3.63, 3.8) is 0 Å². The lowest BCUT2D eigenvalue weighted by Crippen LogP contribution is -2.22. The molecule has 3 aromatic rings. The van der Waals surface area contributed by atoms with Crippen LogP contribution in [0.25, 0.3) is 11.3 Å². The van der Waals surface area contributed by atoms with E-state index in [2.05, 4.69) is 11.6 Å². The number of aromatic nitrogens is 1. The molecular weight excluding hydrogens is 526 g/mol. The molecule has 0 spiro atoms. The Morgan fingerprint density at radius 1 is 1.13 bits per heavy atom. The van der Waals surface area contributed by atoms with Crippen LogP contribution in [0.1, 0.15) is 0 Å². The fourth-order valence-corrected chi connectivity index (χ4v) is 5.22. The van der Waals surface area contributed by atoms with Crippen LogP contribution >= 0.6 is 39.9 Å². The minimum Gasteiger partial charge on any atom is -0.422 e. The molecule has 164 valence electrons. The number of rotatable bonds is 4. The van der Waals surface area contributed by atoms with Gasteiger partial charge in [0.25, 0.3) is 5.95 Å². The highest BCUT2D eigenvalue weighted by atomic mass is 79.9. The molecule has 31 heavy (non-hydrogen) atoms. The molecule has 2 heterocycles. The first-order chi connectivity index (χ1) is 14.2. The van der Waals surface area contributed by atoms with Gasteiger partial charge in [-0.2, -0.15) is 0 Å². The first-order valence-electron chi connectivity index (χ1n) is 8.77. The number of sulfonamides is 1. The Morgan fingerprint density at radius 2 is 1.84 bits per heavy atom. The van der Waals surface area contributed by atoms with Gasteiger partial charge in [0.05, 0.1) is 16.4 Å². The van der Waals surface area contributed by atoms with Gasteiger partial charge in [0.2, 0.25) is 10.0 Å². The second kappa shape index (κ2) is 8.79. The number of ether oxygens (including phenoxy) is 2. The first kappa shape index (κ1) is 23.6. The van der Waals surface area contributed by atoms with Crippen molar-refractivity contribution in [1.82, 2.24) is 8.87 Å². The molecule has 0 radical (unpaired) electrons. The van der Waals surface area contributed by atoms with Crippen molar-refractivity contribution in [3.05, 3.63) is 64.1 Å². The number of thiazole rings is 1. The van der Waals surface area contributed by atoms with Crippen molar-refractivity contribution < 1.29 is 17.9 Å². The lowest BCUT2D eigenvalue weighted by atomic mass is 10.2. The Morgan fingerprint density at radius 3 is 2.55 bits per heavy atom. The van der Waals surface area contributed by atoms with Gasteiger partial charge < -0.3 is 14.0 Å². The van der Waals surface area contributed by atoms with Gasteiger partial charge in [-0.05, 0) is 30.8 Å². The summed E-state index contributed by atoms with van der Waals surface area (Å²) in [5.74, 6) is 1.40. The minimum atomic E-state index is -3.66. The number of hydrogen-bond donors (Lipinski definition) is 0. The van der Waals surface area contributed by atoms with Crippen LogP contribution < -0.4 is 14.3 Å². The quantitative estimate of drug-likeness (QED) is 0.477. The monoisotopic (exact) mass is 543 g/mol. The van der Waals surface area contributed by atoms with E-state index in [1.165, 1.54) is 25.4 Å². The zero-order chi connectivity index (χ0) is 21.6. The Balaban J connectivity index is 0.00000272. The first-order valence-corrected chi connectivity index (χ1v) is 11.5. The molecule has 0 saturated heterocycles. The van der Waals surface area contributed by atoms with Gasteiger partial charge in [0.1, 0.15) is 4.90 Å². The number of nitrogens with zero attached hydrogens (tertiary/aromatic N) is 3. The fraction of sp³-hybridized carbons (Fsp3) is 0.150. The van der Waals surface area contributed by atoms with Crippen LogP contribution in [0.5, 0.6) is 11.5 Å². The highest BCUT2D eigenvalue weighted by Gasteiger charge is 2.22. The molecule has 0 fully saturated rings. The topological polar surface area (TPSA) is 73.1 Å². The summed E-state index contributed by atoms with van der Waals surface area (Å²) in [6.45, 7) is 3.64. The summed E-state index contributed by atoms with van der Waals surface area (Å²) in [6, 6.07) is 10.3. The third-order valence-corrected chi connectivity index (χ3v) is 7.72. The van der Waals surface area contributed by atoms with Crippen molar-refractivity contribution in [2.75, 3.05) is 14.1 Å². The number of benzene rings is 2. The maximum atomic E-state index is 12.6. The Hall–Kier alpha value is -2.11. The zero-order valence-electron chi connectivity index (χ0n) is 16.8. The van der Waals surface area contributed by atoms with E-state index in [4.69, 9.17) is 21.1 Å². The second-order valence-corrected chi connectivity index (χ2v) is 10.1. The molecule has 0 bridgehead atoms. The van der Waals surface area contributed by atoms with Gasteiger partial charge in [-0.3, -0.25) is 0 Å². The van der Waals surface area contributed by atoms with E-state index in [0.717, 1.165) is 20.4 Å². The van der Waals surface area contributed by atoms with Crippen molar-refractivity contribution in [2.24, 2.45) is 12.0 Å². The summed E-state index contributed by atoms with van der Waals surface area (Å²) >= 11 is 7.60. The molecule has 0 saturated carbocycles. The highest BCUT2D eigenvalue weighted by molar-refractivity contribution is 8.93. The molecule has 0 aliphatic carbocycles. The molecule has 0 unspecified atom stereocenters. The van der Waals surface area contributed by atoms with Crippen LogP contribution in [-0.4, -0.2) is 31.4 Å². The van der Waals surface area contributed by atoms with Crippen molar-refractivity contribution in [1.29, 1.82) is 0 Å². The molecule has 1 aromatic heterocycles. The average Bonchev–Trinajstić information content (AvgIpc) is 3.23. The Kier molecular flexibility index (Phi) is 6.68. The normalized spacial score (nSPS) is 13.6. The molecule has 0 atom stereocenters. The Labute approximate surface area is 199 Å². The Bertz CT molecular complexity index is 1350. The van der Waals surface area contributed by atoms with E-state index >= 15 is 0 Å². The van der Waals surface area contributed by atoms with Crippen LogP contribution in [0, 0.1) is 0 Å². The zero-order valence-corrected chi connectivity index (χ0v) is 20.9. The third-order valence-electron chi connectivity index (χ3n) is 4.51. The van der Waals surface area contributed by atoms with E-state index in [1.54, 1.807) is 30.3 Å². The maximum Gasteiger partial charge on any atom is 0.282 e. The molecule has 0 amide bonds. The molecule has 2 aromatic carbocycles. The van der Waals surface area contributed by atoms with Crippen molar-refractivity contribution in [3.8, 4) is 22.8 Å². The third kappa shape index (κ3) is 4.44. The molecule has 7 nitrogen and oxygen atoms in total. The average molecular weight is 545 g/mol. The lowest BCUT2D eigenvalue weighted by molar-refractivity contribution is 0.290. The number of fused-ring (bicyclic) bond motifs is 1. The van der Waals surface area contributed by atoms with Crippen LogP contribution in [0.3, 0.4) is 0 Å². The molecule has 11 heteroatoms. The summed E-state index contributed by atoms with van der Waals surface area (Å²) in [7, 11) is 1.15. The van der Waals surface area contributed by atoms with Gasteiger partial charge in [-0.25, -0.2) is 17.7 Å². The van der Waals surface area contributed by atoms with Gasteiger partial charge in [0, 0.05) is 38.2 Å². The molecular formula is C20H19BrClN3O4S2. The predicted octanol–water partition coefficient (Wildman–Crippen LogP) is 4.71. The van der Waals surface area contributed by atoms with Gasteiger partial charge in [-0.1, -0.05) is 17.7 Å². The molecule has 1 aliphatic heterocycles. The molecule has 4 rings (SSSR count). The summed E-state index contributed by atoms with van der Waals surface area (Å²) < 4.78 is 38.9. The smallest absolute Gasteiger partial charge is 0.282 e. The fourth-order valence-electron chi connectivity index (χ4n) is 2.90. The predicted molar refractivity (Wildman–Crippen MR) is 127 cm³/mol. The van der Waals surface area contributed by atoms with Crippen molar-refractivity contribution >= 4 is 55.6 Å². The summed E-state index contributed by atoms with van der Waals surface area (Å²) in [5, 5.41) is 2.10. The van der Waals surface area contributed by atoms with E-state index in [-0.39, 0.29) is 32.8 Å². The highest BCUT2D eigenvalue weighted by Crippen LogP contribution is 2.38. The van der Waals surface area contributed by atoms with Gasteiger partial charge >= 0.3 is 0 Å². The SMILES string of the molecule is Br.C=C1Oc2ccc(N=c3scc(-c4ccc(Cl)c(S(=O)(=O)N(C)C)c4)n3C)cc2O1. The second-order valence-electron chi connectivity index (χ2n) is 6.71. The van der Waals surface area contributed by atoms with E-state index < -0.39 is 10.0 Å².